The van der Waals surface area contributed by atoms with Gasteiger partial charge in [-0.1, -0.05) is 30.3 Å². The number of nitrogens with one attached hydrogen (secondary N) is 2. The number of amides is 1. The van der Waals surface area contributed by atoms with Gasteiger partial charge in [0.25, 0.3) is 0 Å². The first-order valence-corrected chi connectivity index (χ1v) is 6.28. The van der Waals surface area contributed by atoms with Crippen LogP contribution in [0.1, 0.15) is 24.8 Å². The van der Waals surface area contributed by atoms with E-state index in [1.54, 1.807) is 0 Å². The van der Waals surface area contributed by atoms with Gasteiger partial charge >= 0.3 is 0 Å². The van der Waals surface area contributed by atoms with Crippen molar-refractivity contribution >= 4 is 5.91 Å². The van der Waals surface area contributed by atoms with Crippen LogP contribution in [0.4, 0.5) is 0 Å². The summed E-state index contributed by atoms with van der Waals surface area (Å²) in [5.74, 6) is 0.160. The number of benzene rings is 1. The molecule has 1 aromatic rings. The first-order valence-electron chi connectivity index (χ1n) is 6.28. The van der Waals surface area contributed by atoms with Crippen LogP contribution in [-0.4, -0.2) is 26.0 Å². The van der Waals surface area contributed by atoms with Gasteiger partial charge in [-0.3, -0.25) is 4.79 Å². The minimum Gasteiger partial charge on any atom is -0.356 e. The van der Waals surface area contributed by atoms with Gasteiger partial charge in [0, 0.05) is 13.0 Å². The summed E-state index contributed by atoms with van der Waals surface area (Å²) in [4.78, 5) is 11.4. The average molecular weight is 234 g/mol. The highest BCUT2D eigenvalue weighted by atomic mass is 16.1. The van der Waals surface area contributed by atoms with E-state index in [0.29, 0.717) is 6.42 Å². The van der Waals surface area contributed by atoms with E-state index in [1.165, 1.54) is 5.56 Å². The van der Waals surface area contributed by atoms with E-state index in [1.807, 2.05) is 25.2 Å². The summed E-state index contributed by atoms with van der Waals surface area (Å²) in [7, 11) is 1.90. The van der Waals surface area contributed by atoms with Crippen molar-refractivity contribution in [2.75, 3.05) is 20.1 Å². The lowest BCUT2D eigenvalue weighted by Gasteiger charge is -2.05. The maximum absolute atomic E-state index is 11.4. The number of aryl methyl sites for hydroxylation is 1. The molecule has 0 aliphatic heterocycles. The Labute approximate surface area is 104 Å². The van der Waals surface area contributed by atoms with E-state index in [9.17, 15) is 4.79 Å². The fourth-order valence-corrected chi connectivity index (χ4v) is 1.68. The van der Waals surface area contributed by atoms with Crippen LogP contribution in [0.3, 0.4) is 0 Å². The van der Waals surface area contributed by atoms with E-state index in [-0.39, 0.29) is 5.91 Å². The zero-order chi connectivity index (χ0) is 12.3. The van der Waals surface area contributed by atoms with Gasteiger partial charge in [0.15, 0.2) is 0 Å². The topological polar surface area (TPSA) is 41.1 Å². The van der Waals surface area contributed by atoms with Gasteiger partial charge in [0.1, 0.15) is 0 Å². The summed E-state index contributed by atoms with van der Waals surface area (Å²) in [6.07, 6.45) is 3.55. The van der Waals surface area contributed by atoms with Crippen molar-refractivity contribution in [3.63, 3.8) is 0 Å². The SMILES string of the molecule is CNCCCC(=O)NCCCc1ccccc1. The quantitative estimate of drug-likeness (QED) is 0.673. The molecular formula is C14H22N2O. The van der Waals surface area contributed by atoms with Gasteiger partial charge in [-0.05, 0) is 38.4 Å². The number of hydrogen-bond acceptors (Lipinski definition) is 2. The van der Waals surface area contributed by atoms with Gasteiger partial charge in [-0.15, -0.1) is 0 Å². The molecule has 3 heteroatoms. The third-order valence-electron chi connectivity index (χ3n) is 2.64. The normalized spacial score (nSPS) is 10.2. The first-order chi connectivity index (χ1) is 8.33. The van der Waals surface area contributed by atoms with Crippen LogP contribution in [0.25, 0.3) is 0 Å². The molecule has 1 amide bonds. The van der Waals surface area contributed by atoms with Crippen molar-refractivity contribution in [1.29, 1.82) is 0 Å². The molecule has 0 aliphatic carbocycles. The number of rotatable bonds is 8. The summed E-state index contributed by atoms with van der Waals surface area (Å²) in [5.41, 5.74) is 1.33. The van der Waals surface area contributed by atoms with Crippen LogP contribution < -0.4 is 10.6 Å². The summed E-state index contributed by atoms with van der Waals surface area (Å²) < 4.78 is 0. The molecule has 3 nitrogen and oxygen atoms in total. The van der Waals surface area contributed by atoms with Gasteiger partial charge in [-0.2, -0.15) is 0 Å². The Morgan fingerprint density at radius 1 is 1.12 bits per heavy atom. The van der Waals surface area contributed by atoms with E-state index in [0.717, 1.165) is 32.4 Å². The standard InChI is InChI=1S/C14H22N2O/c1-15-11-6-10-14(17)16-12-5-9-13-7-3-2-4-8-13/h2-4,7-8,15H,5-6,9-12H2,1H3,(H,16,17). The lowest BCUT2D eigenvalue weighted by atomic mass is 10.1. The summed E-state index contributed by atoms with van der Waals surface area (Å²) in [6, 6.07) is 10.4. The smallest absolute Gasteiger partial charge is 0.220 e. The summed E-state index contributed by atoms with van der Waals surface area (Å²) >= 11 is 0. The fraction of sp³-hybridized carbons (Fsp3) is 0.500. The molecule has 0 spiro atoms. The molecule has 94 valence electrons. The van der Waals surface area contributed by atoms with Gasteiger partial charge in [-0.25, -0.2) is 0 Å². The molecule has 0 heterocycles. The zero-order valence-corrected chi connectivity index (χ0v) is 10.5. The Morgan fingerprint density at radius 3 is 2.59 bits per heavy atom. The Kier molecular flexibility index (Phi) is 7.07. The van der Waals surface area contributed by atoms with Crippen LogP contribution in [-0.2, 0) is 11.2 Å². The lowest BCUT2D eigenvalue weighted by molar-refractivity contribution is -0.121. The highest BCUT2D eigenvalue weighted by Gasteiger charge is 1.99. The predicted molar refractivity (Wildman–Crippen MR) is 70.9 cm³/mol. The average Bonchev–Trinajstić information content (AvgIpc) is 2.36. The molecule has 0 aliphatic rings. The van der Waals surface area contributed by atoms with Crippen LogP contribution in [0, 0.1) is 0 Å². The maximum Gasteiger partial charge on any atom is 0.220 e. The molecule has 0 radical (unpaired) electrons. The highest BCUT2D eigenvalue weighted by molar-refractivity contribution is 5.75. The van der Waals surface area contributed by atoms with Crippen molar-refractivity contribution in [3.05, 3.63) is 35.9 Å². The minimum atomic E-state index is 0.160. The molecule has 1 aromatic carbocycles. The minimum absolute atomic E-state index is 0.160. The van der Waals surface area contributed by atoms with Crippen molar-refractivity contribution < 1.29 is 4.79 Å². The van der Waals surface area contributed by atoms with Crippen molar-refractivity contribution in [3.8, 4) is 0 Å². The van der Waals surface area contributed by atoms with Crippen molar-refractivity contribution in [1.82, 2.24) is 10.6 Å². The Balaban J connectivity index is 2.02. The van der Waals surface area contributed by atoms with Gasteiger partial charge in [0.2, 0.25) is 5.91 Å². The monoisotopic (exact) mass is 234 g/mol. The largest absolute Gasteiger partial charge is 0.356 e. The molecule has 1 rings (SSSR count). The van der Waals surface area contributed by atoms with Gasteiger partial charge < -0.3 is 10.6 Å². The molecule has 0 atom stereocenters. The molecule has 0 unspecified atom stereocenters. The molecule has 17 heavy (non-hydrogen) atoms. The van der Waals surface area contributed by atoms with E-state index in [2.05, 4.69) is 22.8 Å². The summed E-state index contributed by atoms with van der Waals surface area (Å²) in [5, 5.41) is 5.98. The Morgan fingerprint density at radius 2 is 1.88 bits per heavy atom. The second-order valence-electron chi connectivity index (χ2n) is 4.15. The zero-order valence-electron chi connectivity index (χ0n) is 10.5. The maximum atomic E-state index is 11.4. The van der Waals surface area contributed by atoms with Crippen LogP contribution in [0.15, 0.2) is 30.3 Å². The molecule has 0 aromatic heterocycles. The first kappa shape index (κ1) is 13.7. The Hall–Kier alpha value is -1.35. The van der Waals surface area contributed by atoms with Gasteiger partial charge in [0.05, 0.1) is 0 Å². The molecular weight excluding hydrogens is 212 g/mol. The number of carbonyl (C=O) groups is 1. The molecule has 0 fully saturated rings. The Bertz CT molecular complexity index is 311. The predicted octanol–water partition coefficient (Wildman–Crippen LogP) is 1.73. The summed E-state index contributed by atoms with van der Waals surface area (Å²) in [6.45, 7) is 1.67. The van der Waals surface area contributed by atoms with Crippen molar-refractivity contribution in [2.24, 2.45) is 0 Å². The molecule has 0 saturated carbocycles. The van der Waals surface area contributed by atoms with Crippen LogP contribution in [0.2, 0.25) is 0 Å². The second-order valence-corrected chi connectivity index (χ2v) is 4.15. The highest BCUT2D eigenvalue weighted by Crippen LogP contribution is 2.01. The molecule has 2 N–H and O–H groups in total. The van der Waals surface area contributed by atoms with Crippen molar-refractivity contribution in [2.45, 2.75) is 25.7 Å². The van der Waals surface area contributed by atoms with E-state index < -0.39 is 0 Å². The number of carbonyl (C=O) groups excluding carboxylic acids is 1. The third kappa shape index (κ3) is 6.74. The molecule has 0 saturated heterocycles. The second kappa shape index (κ2) is 8.76. The van der Waals surface area contributed by atoms with Crippen LogP contribution in [0.5, 0.6) is 0 Å². The number of hydrogen-bond donors (Lipinski definition) is 2. The van der Waals surface area contributed by atoms with Crippen LogP contribution >= 0.6 is 0 Å². The fourth-order valence-electron chi connectivity index (χ4n) is 1.68. The third-order valence-corrected chi connectivity index (χ3v) is 2.64. The molecule has 0 bridgehead atoms. The van der Waals surface area contributed by atoms with E-state index in [4.69, 9.17) is 0 Å². The van der Waals surface area contributed by atoms with E-state index >= 15 is 0 Å². The lowest BCUT2D eigenvalue weighted by Crippen LogP contribution is -2.25.